The summed E-state index contributed by atoms with van der Waals surface area (Å²) >= 11 is 0. The third kappa shape index (κ3) is 6.43. The Kier molecular flexibility index (Phi) is 7.63. The molecule has 9 nitrogen and oxygen atoms in total. The van der Waals surface area contributed by atoms with Gasteiger partial charge in [-0.15, -0.1) is 0 Å². The third-order valence-corrected chi connectivity index (χ3v) is 5.68. The van der Waals surface area contributed by atoms with Gasteiger partial charge in [-0.2, -0.15) is 0 Å². The van der Waals surface area contributed by atoms with Crippen molar-refractivity contribution in [3.05, 3.63) is 78.3 Å². The topological polar surface area (TPSA) is 127 Å². The third-order valence-electron chi connectivity index (χ3n) is 4.28. The monoisotopic (exact) mass is 457 g/mol. The maximum absolute atomic E-state index is 12.5. The molecule has 0 saturated carbocycles. The van der Waals surface area contributed by atoms with Crippen LogP contribution in [0.3, 0.4) is 0 Å². The quantitative estimate of drug-likeness (QED) is 0.429. The Morgan fingerprint density at radius 2 is 1.81 bits per heavy atom. The fraction of sp³-hybridized carbons (Fsp3) is 0.182. The van der Waals surface area contributed by atoms with Crippen LogP contribution >= 0.6 is 0 Å². The number of carbonyl (C=O) groups is 2. The molecular formula is C22H23N3O6S. The zero-order chi connectivity index (χ0) is 23.0. The van der Waals surface area contributed by atoms with E-state index in [1.165, 1.54) is 24.5 Å². The molecule has 2 amide bonds. The van der Waals surface area contributed by atoms with Crippen LogP contribution in [0.25, 0.3) is 0 Å². The number of benzene rings is 2. The van der Waals surface area contributed by atoms with Crippen LogP contribution in [0.4, 0.5) is 5.69 Å². The lowest BCUT2D eigenvalue weighted by Crippen LogP contribution is -2.32. The van der Waals surface area contributed by atoms with E-state index >= 15 is 0 Å². The van der Waals surface area contributed by atoms with Gasteiger partial charge in [0, 0.05) is 11.3 Å². The lowest BCUT2D eigenvalue weighted by Gasteiger charge is -2.10. The molecule has 0 radical (unpaired) electrons. The van der Waals surface area contributed by atoms with E-state index in [1.807, 2.05) is 6.92 Å². The molecule has 32 heavy (non-hydrogen) atoms. The van der Waals surface area contributed by atoms with Crippen molar-refractivity contribution in [2.45, 2.75) is 18.4 Å². The predicted octanol–water partition coefficient (Wildman–Crippen LogP) is 2.53. The van der Waals surface area contributed by atoms with E-state index in [1.54, 1.807) is 42.5 Å². The predicted molar refractivity (Wildman–Crippen MR) is 118 cm³/mol. The maximum atomic E-state index is 12.5. The molecule has 3 aromatic rings. The van der Waals surface area contributed by atoms with Crippen molar-refractivity contribution in [3.63, 3.8) is 0 Å². The minimum absolute atomic E-state index is 0.00347. The van der Waals surface area contributed by atoms with E-state index in [0.29, 0.717) is 23.7 Å². The summed E-state index contributed by atoms with van der Waals surface area (Å²) < 4.78 is 37.8. The first kappa shape index (κ1) is 23.0. The van der Waals surface area contributed by atoms with Crippen molar-refractivity contribution < 1.29 is 27.2 Å². The molecule has 0 aliphatic carbocycles. The van der Waals surface area contributed by atoms with Gasteiger partial charge in [-0.1, -0.05) is 6.07 Å². The van der Waals surface area contributed by atoms with E-state index in [4.69, 9.17) is 9.15 Å². The molecule has 2 aromatic carbocycles. The van der Waals surface area contributed by atoms with E-state index in [-0.39, 0.29) is 23.7 Å². The summed E-state index contributed by atoms with van der Waals surface area (Å²) in [5.41, 5.74) is 0.670. The van der Waals surface area contributed by atoms with Crippen LogP contribution in [0.15, 0.2) is 76.2 Å². The van der Waals surface area contributed by atoms with E-state index in [9.17, 15) is 18.0 Å². The van der Waals surface area contributed by atoms with Crippen LogP contribution in [-0.4, -0.2) is 33.4 Å². The number of rotatable bonds is 10. The number of amides is 2. The lowest BCUT2D eigenvalue weighted by atomic mass is 10.2. The summed E-state index contributed by atoms with van der Waals surface area (Å²) in [6.45, 7) is 2.11. The summed E-state index contributed by atoms with van der Waals surface area (Å²) in [5, 5.41) is 5.09. The van der Waals surface area contributed by atoms with Gasteiger partial charge in [0.05, 0.1) is 30.9 Å². The normalized spacial score (nSPS) is 11.0. The molecule has 1 heterocycles. The number of sulfonamides is 1. The number of furan rings is 1. The number of nitrogens with one attached hydrogen (secondary N) is 3. The molecular weight excluding hydrogens is 434 g/mol. The molecule has 3 rings (SSSR count). The largest absolute Gasteiger partial charge is 0.494 e. The first-order chi connectivity index (χ1) is 15.4. The molecule has 168 valence electrons. The average molecular weight is 458 g/mol. The fourth-order valence-corrected chi connectivity index (χ4v) is 3.78. The second-order valence-corrected chi connectivity index (χ2v) is 8.39. The highest BCUT2D eigenvalue weighted by atomic mass is 32.2. The van der Waals surface area contributed by atoms with Gasteiger partial charge in [0.1, 0.15) is 11.5 Å². The first-order valence-corrected chi connectivity index (χ1v) is 11.3. The van der Waals surface area contributed by atoms with Crippen molar-refractivity contribution in [2.75, 3.05) is 18.5 Å². The van der Waals surface area contributed by atoms with Crippen LogP contribution < -0.4 is 20.1 Å². The summed E-state index contributed by atoms with van der Waals surface area (Å²) in [5.74, 6) is 0.209. The molecule has 0 unspecified atom stereocenters. The SMILES string of the molecule is CCOc1ccc(C(=O)NCC(=O)Nc2cccc(S(=O)(=O)NCc3ccco3)c2)cc1. The maximum Gasteiger partial charge on any atom is 0.251 e. The minimum atomic E-state index is -3.81. The van der Waals surface area contributed by atoms with Crippen LogP contribution in [0.1, 0.15) is 23.0 Å². The molecule has 0 atom stereocenters. The average Bonchev–Trinajstić information content (AvgIpc) is 3.31. The molecule has 0 bridgehead atoms. The number of hydrogen-bond acceptors (Lipinski definition) is 6. The van der Waals surface area contributed by atoms with Crippen LogP contribution in [0.2, 0.25) is 0 Å². The Bertz CT molecular complexity index is 1160. The van der Waals surface area contributed by atoms with Gasteiger partial charge in [-0.25, -0.2) is 13.1 Å². The van der Waals surface area contributed by atoms with E-state index in [2.05, 4.69) is 15.4 Å². The van der Waals surface area contributed by atoms with Crippen molar-refractivity contribution in [1.29, 1.82) is 0 Å². The van der Waals surface area contributed by atoms with Crippen LogP contribution in [0, 0.1) is 0 Å². The summed E-state index contributed by atoms with van der Waals surface area (Å²) in [4.78, 5) is 24.4. The zero-order valence-electron chi connectivity index (χ0n) is 17.3. The van der Waals surface area contributed by atoms with Crippen LogP contribution in [0.5, 0.6) is 5.75 Å². The number of anilines is 1. The lowest BCUT2D eigenvalue weighted by molar-refractivity contribution is -0.115. The number of carbonyl (C=O) groups excluding carboxylic acids is 2. The van der Waals surface area contributed by atoms with Crippen molar-refractivity contribution in [1.82, 2.24) is 10.0 Å². The highest BCUT2D eigenvalue weighted by molar-refractivity contribution is 7.89. The number of ether oxygens (including phenoxy) is 1. The van der Waals surface area contributed by atoms with Gasteiger partial charge >= 0.3 is 0 Å². The Hall–Kier alpha value is -3.63. The highest BCUT2D eigenvalue weighted by Gasteiger charge is 2.16. The molecule has 1 aromatic heterocycles. The zero-order valence-corrected chi connectivity index (χ0v) is 18.1. The second-order valence-electron chi connectivity index (χ2n) is 6.62. The van der Waals surface area contributed by atoms with Gasteiger partial charge in [-0.05, 0) is 61.5 Å². The van der Waals surface area contributed by atoms with Gasteiger partial charge in [0.2, 0.25) is 15.9 Å². The Morgan fingerprint density at radius 3 is 2.50 bits per heavy atom. The molecule has 0 aliphatic rings. The molecule has 10 heteroatoms. The second kappa shape index (κ2) is 10.6. The van der Waals surface area contributed by atoms with Crippen molar-refractivity contribution >= 4 is 27.5 Å². The molecule has 0 fully saturated rings. The van der Waals surface area contributed by atoms with Gasteiger partial charge < -0.3 is 19.8 Å². The molecule has 3 N–H and O–H groups in total. The Balaban J connectivity index is 1.54. The van der Waals surface area contributed by atoms with Gasteiger partial charge in [-0.3, -0.25) is 9.59 Å². The fourth-order valence-electron chi connectivity index (χ4n) is 2.74. The van der Waals surface area contributed by atoms with Crippen molar-refractivity contribution in [2.24, 2.45) is 0 Å². The van der Waals surface area contributed by atoms with Gasteiger partial charge in [0.25, 0.3) is 5.91 Å². The Labute approximate surface area is 185 Å². The Morgan fingerprint density at radius 1 is 1.03 bits per heavy atom. The first-order valence-electron chi connectivity index (χ1n) is 9.80. The smallest absolute Gasteiger partial charge is 0.251 e. The number of hydrogen-bond donors (Lipinski definition) is 3. The highest BCUT2D eigenvalue weighted by Crippen LogP contribution is 2.16. The summed E-state index contributed by atoms with van der Waals surface area (Å²) in [6.07, 6.45) is 1.45. The standard InChI is InChI=1S/C22H23N3O6S/c1-2-30-18-10-8-16(9-11-18)22(27)23-15-21(26)25-17-5-3-7-20(13-17)32(28,29)24-14-19-6-4-12-31-19/h3-13,24H,2,14-15H2,1H3,(H,23,27)(H,25,26). The molecule has 0 saturated heterocycles. The molecule has 0 spiro atoms. The van der Waals surface area contributed by atoms with Gasteiger partial charge in [0.15, 0.2) is 0 Å². The molecule has 0 aliphatic heterocycles. The van der Waals surface area contributed by atoms with Crippen molar-refractivity contribution in [3.8, 4) is 5.75 Å². The van der Waals surface area contributed by atoms with E-state index < -0.39 is 21.8 Å². The minimum Gasteiger partial charge on any atom is -0.494 e. The van der Waals surface area contributed by atoms with Crippen LogP contribution in [-0.2, 0) is 21.4 Å². The summed E-state index contributed by atoms with van der Waals surface area (Å²) in [7, 11) is -3.81. The summed E-state index contributed by atoms with van der Waals surface area (Å²) in [6, 6.07) is 15.7. The van der Waals surface area contributed by atoms with E-state index in [0.717, 1.165) is 0 Å².